The molecule has 0 amide bonds. The Morgan fingerprint density at radius 1 is 1.33 bits per heavy atom. The molecule has 0 heterocycles. The molecule has 0 spiro atoms. The van der Waals surface area contributed by atoms with Crippen LogP contribution in [0, 0.1) is 0 Å². The van der Waals surface area contributed by atoms with Crippen molar-refractivity contribution in [2.24, 2.45) is 11.5 Å². The van der Waals surface area contributed by atoms with Crippen LogP contribution in [0.4, 0.5) is 0 Å². The minimum atomic E-state index is 0.738. The lowest BCUT2D eigenvalue weighted by atomic mass is 10.3. The summed E-state index contributed by atoms with van der Waals surface area (Å²) in [5.74, 6) is 0. The lowest BCUT2D eigenvalue weighted by molar-refractivity contribution is 0.755. The van der Waals surface area contributed by atoms with Crippen molar-refractivity contribution in [3.63, 3.8) is 0 Å². The Balaban J connectivity index is 2.45. The Kier molecular flexibility index (Phi) is 3.35. The van der Waals surface area contributed by atoms with Gasteiger partial charge in [-0.2, -0.15) is 0 Å². The lowest BCUT2D eigenvalue weighted by Gasteiger charge is -1.87. The van der Waals surface area contributed by atoms with Crippen molar-refractivity contribution in [1.29, 1.82) is 0 Å². The third kappa shape index (κ3) is 3.92. The predicted molar refractivity (Wildman–Crippen MR) is 27.3 cm³/mol. The van der Waals surface area contributed by atoms with Gasteiger partial charge in [-0.1, -0.05) is 0 Å². The zero-order chi connectivity index (χ0) is 5.54. The maximum absolute atomic E-state index is 6.49. The first-order valence-corrected chi connectivity index (χ1v) is 2.26. The summed E-state index contributed by atoms with van der Waals surface area (Å²) in [6.45, 7) is 1.50. The lowest BCUT2D eigenvalue weighted by Crippen LogP contribution is -2.03. The van der Waals surface area contributed by atoms with E-state index in [1.54, 1.807) is 0 Å². The highest BCUT2D eigenvalue weighted by Gasteiger charge is 1.75. The zero-order valence-corrected chi connectivity index (χ0v) is 3.91. The first-order valence-electron chi connectivity index (χ1n) is 2.76. The van der Waals surface area contributed by atoms with E-state index in [0.717, 1.165) is 25.9 Å². The maximum atomic E-state index is 6.49. The van der Waals surface area contributed by atoms with Crippen molar-refractivity contribution in [3.05, 3.63) is 0 Å². The number of hydrogen-bond donors (Lipinski definition) is 2. The molecule has 0 aromatic carbocycles. The van der Waals surface area contributed by atoms with E-state index in [2.05, 4.69) is 5.73 Å². The quantitative estimate of drug-likeness (QED) is 0.464. The molecule has 0 aliphatic rings. The summed E-state index contributed by atoms with van der Waals surface area (Å²) >= 11 is 0. The standard InChI is InChI=1S/C4H12N2/c5-3-1-2-4-6/h1-6H2/i/hD. The smallest absolute Gasteiger partial charge is 0.118 e. The van der Waals surface area contributed by atoms with E-state index in [1.165, 1.54) is 0 Å². The topological polar surface area (TPSA) is 52.0 Å². The molecule has 2 heteroatoms. The fourth-order valence-electron chi connectivity index (χ4n) is 0.269. The molecule has 0 atom stereocenters. The van der Waals surface area contributed by atoms with Gasteiger partial charge >= 0.3 is 0 Å². The van der Waals surface area contributed by atoms with Crippen LogP contribution in [0.5, 0.6) is 0 Å². The van der Waals surface area contributed by atoms with Crippen LogP contribution >= 0.6 is 0 Å². The average Bonchev–Trinajstić information content (AvgIpc) is 1.69. The molecule has 0 aliphatic heterocycles. The summed E-state index contributed by atoms with van der Waals surface area (Å²) in [5, 5.41) is 0. The monoisotopic (exact) mass is 89.1 g/mol. The first-order chi connectivity index (χ1) is 3.41. The second-order valence-electron chi connectivity index (χ2n) is 1.25. The van der Waals surface area contributed by atoms with E-state index in [0.29, 0.717) is 0 Å². The molecule has 0 aromatic rings. The summed E-state index contributed by atoms with van der Waals surface area (Å²) in [6.07, 6.45) is 2.03. The molecule has 0 unspecified atom stereocenters. The van der Waals surface area contributed by atoms with E-state index in [-0.39, 0.29) is 0 Å². The van der Waals surface area contributed by atoms with Crippen molar-refractivity contribution in [2.45, 2.75) is 12.8 Å². The Hall–Kier alpha value is -0.0800. The van der Waals surface area contributed by atoms with Gasteiger partial charge in [-0.25, -0.2) is 0 Å². The van der Waals surface area contributed by atoms with Crippen molar-refractivity contribution < 1.29 is 1.41 Å². The Morgan fingerprint density at radius 2 is 2.00 bits per heavy atom. The van der Waals surface area contributed by atoms with E-state index in [9.17, 15) is 0 Å². The van der Waals surface area contributed by atoms with E-state index in [1.807, 2.05) is 0 Å². The molecule has 0 saturated carbocycles. The number of unbranched alkanes of at least 4 members (excludes halogenated alkanes) is 1. The van der Waals surface area contributed by atoms with Crippen molar-refractivity contribution in [2.75, 3.05) is 13.1 Å². The second kappa shape index (κ2) is 4.92. The predicted octanol–water partition coefficient (Wildman–Crippen LogP) is -0.316. The number of nitrogens with two attached hydrogens (primary N) is 2. The van der Waals surface area contributed by atoms with Gasteiger partial charge in [-0.3, -0.25) is 0 Å². The molecule has 0 bridgehead atoms. The van der Waals surface area contributed by atoms with Crippen LogP contribution in [0.1, 0.15) is 12.8 Å². The number of hydrogen-bond acceptors (Lipinski definition) is 2. The Morgan fingerprint density at radius 3 is 2.50 bits per heavy atom. The van der Waals surface area contributed by atoms with Crippen LogP contribution in [-0.4, -0.2) is 13.1 Å². The minimum absolute atomic E-state index is 0.738. The minimum Gasteiger partial charge on any atom is -0.330 e. The summed E-state index contributed by atoms with van der Waals surface area (Å²) in [5.41, 5.74) is 7.48. The van der Waals surface area contributed by atoms with E-state index in [4.69, 9.17) is 7.15 Å². The molecule has 0 saturated heterocycles. The summed E-state index contributed by atoms with van der Waals surface area (Å²) in [4.78, 5) is 0. The molecule has 6 heavy (non-hydrogen) atoms. The zero-order valence-electron chi connectivity index (χ0n) is 4.91. The second-order valence-corrected chi connectivity index (χ2v) is 1.25. The van der Waals surface area contributed by atoms with Gasteiger partial charge in [0.25, 0.3) is 0 Å². The highest BCUT2D eigenvalue weighted by atomic mass is 14.5. The van der Waals surface area contributed by atoms with Crippen LogP contribution in [0.15, 0.2) is 0 Å². The molecule has 0 fully saturated rings. The van der Waals surface area contributed by atoms with Gasteiger partial charge in [0.05, 0.1) is 0 Å². The fourth-order valence-corrected chi connectivity index (χ4v) is 0.269. The summed E-state index contributed by atoms with van der Waals surface area (Å²) in [6, 6.07) is 0. The summed E-state index contributed by atoms with van der Waals surface area (Å²) in [7, 11) is 0. The van der Waals surface area contributed by atoms with Gasteiger partial charge < -0.3 is 11.5 Å². The SMILES string of the molecule is [2H]NCCCCN. The van der Waals surface area contributed by atoms with Gasteiger partial charge in [0, 0.05) is 0 Å². The number of rotatable bonds is 4. The molecular weight excluding hydrogens is 76.1 g/mol. The van der Waals surface area contributed by atoms with Crippen LogP contribution in [0.25, 0.3) is 0 Å². The van der Waals surface area contributed by atoms with Crippen LogP contribution in [-0.2, 0) is 0 Å². The van der Waals surface area contributed by atoms with Crippen LogP contribution in [0.2, 0.25) is 1.41 Å². The Bertz CT molecular complexity index is 28.9. The van der Waals surface area contributed by atoms with Crippen LogP contribution in [0.3, 0.4) is 0 Å². The molecule has 2 nitrogen and oxygen atoms in total. The van der Waals surface area contributed by atoms with Gasteiger partial charge in [0.1, 0.15) is 1.41 Å². The third-order valence-electron chi connectivity index (χ3n) is 0.631. The van der Waals surface area contributed by atoms with Gasteiger partial charge in [-0.15, -0.1) is 0 Å². The third-order valence-corrected chi connectivity index (χ3v) is 0.631. The van der Waals surface area contributed by atoms with Gasteiger partial charge in [0.2, 0.25) is 0 Å². The van der Waals surface area contributed by atoms with E-state index < -0.39 is 0 Å². The molecular formula is C4H12N2. The normalized spacial score (nSPS) is 11.2. The van der Waals surface area contributed by atoms with E-state index >= 15 is 0 Å². The molecule has 38 valence electrons. The van der Waals surface area contributed by atoms with Gasteiger partial charge in [-0.05, 0) is 25.9 Å². The molecule has 0 radical (unpaired) electrons. The van der Waals surface area contributed by atoms with Crippen molar-refractivity contribution in [1.82, 2.24) is 0 Å². The highest BCUT2D eigenvalue weighted by molar-refractivity contribution is 4.38. The fraction of sp³-hybridized carbons (Fsp3) is 1.00. The Labute approximate surface area is 40.0 Å². The largest absolute Gasteiger partial charge is 0.330 e. The maximum Gasteiger partial charge on any atom is 0.118 e. The summed E-state index contributed by atoms with van der Waals surface area (Å²) < 4.78 is 6.49. The average molecular weight is 89.2 g/mol. The van der Waals surface area contributed by atoms with Crippen LogP contribution < -0.4 is 11.5 Å². The van der Waals surface area contributed by atoms with Crippen molar-refractivity contribution >= 4 is 0 Å². The highest BCUT2D eigenvalue weighted by Crippen LogP contribution is 1.77. The first kappa shape index (κ1) is 4.09. The van der Waals surface area contributed by atoms with Gasteiger partial charge in [0.15, 0.2) is 0 Å². The molecule has 0 aromatic heterocycles. The van der Waals surface area contributed by atoms with Crippen molar-refractivity contribution in [3.8, 4) is 0 Å². The molecule has 4 N–H and O–H groups in total. The molecule has 0 aliphatic carbocycles. The molecule has 0 rings (SSSR count).